The molecule has 0 amide bonds. The van der Waals surface area contributed by atoms with Crippen molar-refractivity contribution < 1.29 is 48.0 Å². The number of ether oxygens (including phenoxy) is 5. The van der Waals surface area contributed by atoms with Gasteiger partial charge in [-0.1, -0.05) is 367 Å². The first-order valence-electron chi connectivity index (χ1n) is 48.7. The summed E-state index contributed by atoms with van der Waals surface area (Å²) in [4.78, 5) is 43.8. The van der Waals surface area contributed by atoms with Crippen LogP contribution >= 0.6 is 38.5 Å². The van der Waals surface area contributed by atoms with Gasteiger partial charge in [-0.2, -0.15) is 0 Å². The van der Waals surface area contributed by atoms with Gasteiger partial charge in [0.05, 0.1) is 61.9 Å². The maximum Gasteiger partial charge on any atom is 0.153 e. The first kappa shape index (κ1) is 141. The molecule has 13 rings (SSSR count). The van der Waals surface area contributed by atoms with Crippen LogP contribution < -0.4 is 23.7 Å². The summed E-state index contributed by atoms with van der Waals surface area (Å²) in [6, 6.07) is 49.1. The van der Waals surface area contributed by atoms with Crippen molar-refractivity contribution in [2.24, 2.45) is 0 Å². The fourth-order valence-electron chi connectivity index (χ4n) is 10.3. The van der Waals surface area contributed by atoms with Crippen molar-refractivity contribution in [2.45, 2.75) is 332 Å². The summed E-state index contributed by atoms with van der Waals surface area (Å²) in [6.07, 6.45) is 23.6. The van der Waals surface area contributed by atoms with Gasteiger partial charge in [0.1, 0.15) is 44.9 Å². The maximum atomic E-state index is 11.2. The number of rotatable bonds is 5. The number of carbonyl (C=O) groups excluding carboxylic acids is 4. The van der Waals surface area contributed by atoms with Gasteiger partial charge in [0.2, 0.25) is 0 Å². The average molecular weight is 2000 g/mol. The molecule has 14 heteroatoms. The Morgan fingerprint density at radius 1 is 0.323 bits per heavy atom. The lowest BCUT2D eigenvalue weighted by Gasteiger charge is -2.20. The summed E-state index contributed by atoms with van der Waals surface area (Å²) in [5.41, 5.74) is 20.3. The molecule has 0 bridgehead atoms. The number of halogens is 2. The van der Waals surface area contributed by atoms with Crippen molar-refractivity contribution in [1.29, 1.82) is 0 Å². The molecule has 5 aliphatic heterocycles. The summed E-state index contributed by atoms with van der Waals surface area (Å²) >= 11 is 5.65. The monoisotopic (exact) mass is 1990 g/mol. The minimum atomic E-state index is -1.38. The van der Waals surface area contributed by atoms with Gasteiger partial charge >= 0.3 is 0 Å². The Morgan fingerprint density at radius 3 is 0.823 bits per heavy atom. The van der Waals surface area contributed by atoms with Crippen LogP contribution in [0.1, 0.15) is 362 Å². The SMILES string of the molecule is C#C[Si](C)(C)C.C#Cc1cc(C=O)c2c(c1)CCCO2.CC.CC.CC.CC.CC.CC.CC.CC.CC.CC.CC.CC.CC.CC.CC.CC.C[Si](C)(C)C#Cc1cc(C=O)c2c(c1)CCCO2.Ic1ccccc1.O=Cc1cc(Br)cc2c1OCCC2.O=Cc1cc(C#Cc2ccccc2)cc2c1OCCC2.OCc1cc(C#Cc2ccccc2)cc2c1OCCC2. The van der Waals surface area contributed by atoms with Gasteiger partial charge in [-0.15, -0.1) is 23.9 Å². The van der Waals surface area contributed by atoms with Crippen molar-refractivity contribution in [3.63, 3.8) is 0 Å². The highest BCUT2D eigenvalue weighted by atomic mass is 127. The number of fused-ring (bicyclic) bond motifs is 5. The highest BCUT2D eigenvalue weighted by Gasteiger charge is 2.21. The van der Waals surface area contributed by atoms with Gasteiger partial charge in [0.25, 0.3) is 0 Å². The molecule has 0 fully saturated rings. The minimum Gasteiger partial charge on any atom is -0.493 e. The highest BCUT2D eigenvalue weighted by molar-refractivity contribution is 14.1. The molecule has 0 atom stereocenters. The van der Waals surface area contributed by atoms with Crippen LogP contribution in [0.25, 0.3) is 0 Å². The zero-order chi connectivity index (χ0) is 102. The quantitative estimate of drug-likeness (QED) is 0.0768. The lowest BCUT2D eigenvalue weighted by Crippen LogP contribution is -2.16. The van der Waals surface area contributed by atoms with E-state index < -0.39 is 16.1 Å². The van der Waals surface area contributed by atoms with E-state index in [-0.39, 0.29) is 6.61 Å². The van der Waals surface area contributed by atoms with Crippen LogP contribution in [0.2, 0.25) is 39.3 Å². The number of aliphatic hydroxyl groups is 1. The summed E-state index contributed by atoms with van der Waals surface area (Å²) in [6.45, 7) is 80.6. The summed E-state index contributed by atoms with van der Waals surface area (Å²) < 4.78 is 29.9. The van der Waals surface area contributed by atoms with Crippen LogP contribution in [-0.4, -0.2) is 79.4 Å². The van der Waals surface area contributed by atoms with Crippen LogP contribution in [-0.2, 0) is 38.7 Å². The molecule has 8 aromatic carbocycles. The second kappa shape index (κ2) is 100. The number of benzene rings is 8. The smallest absolute Gasteiger partial charge is 0.153 e. The topological polar surface area (TPSA) is 135 Å². The van der Waals surface area contributed by atoms with E-state index in [1.807, 2.05) is 331 Å². The number of aryl methyl sites for hydroxylation is 5. The van der Waals surface area contributed by atoms with Crippen molar-refractivity contribution >= 4 is 79.8 Å². The fraction of sp³-hybridized carbons (Fsp3) is 0.466. The van der Waals surface area contributed by atoms with E-state index in [0.717, 1.165) is 197 Å². The molecule has 0 aromatic heterocycles. The van der Waals surface area contributed by atoms with Crippen molar-refractivity contribution in [1.82, 2.24) is 0 Å². The van der Waals surface area contributed by atoms with E-state index in [4.69, 9.17) is 36.5 Å². The molecule has 0 saturated carbocycles. The zero-order valence-electron chi connectivity index (χ0n) is 88.6. The minimum absolute atomic E-state index is 0.0107. The molecule has 0 aliphatic carbocycles. The Hall–Kier alpha value is -9.16. The van der Waals surface area contributed by atoms with E-state index in [1.54, 1.807) is 18.2 Å². The summed E-state index contributed by atoms with van der Waals surface area (Å²) in [7, 11) is -2.49. The van der Waals surface area contributed by atoms with E-state index >= 15 is 0 Å². The Morgan fingerprint density at radius 2 is 0.562 bits per heavy atom. The number of terminal acetylenes is 2. The van der Waals surface area contributed by atoms with E-state index in [2.05, 4.69) is 149 Å². The Bertz CT molecular complexity index is 4330. The average Bonchev–Trinajstić information content (AvgIpc) is 0.829. The maximum absolute atomic E-state index is 11.2. The Kier molecular flexibility index (Phi) is 109. The van der Waals surface area contributed by atoms with Crippen molar-refractivity contribution in [3.05, 3.63) is 249 Å². The van der Waals surface area contributed by atoms with Gasteiger partial charge < -0.3 is 28.8 Å². The van der Waals surface area contributed by atoms with Crippen LogP contribution in [0, 0.1) is 63.0 Å². The number of hydrogen-bond acceptors (Lipinski definition) is 10. The first-order valence-corrected chi connectivity index (χ1v) is 57.6. The molecule has 8 aromatic rings. The first-order chi connectivity index (χ1) is 63.3. The van der Waals surface area contributed by atoms with Gasteiger partial charge in [-0.25, -0.2) is 0 Å². The second-order valence-corrected chi connectivity index (χ2v) is 36.9. The number of hydrogen-bond donors (Lipinski definition) is 1. The molecule has 5 aliphatic rings. The van der Waals surface area contributed by atoms with Crippen LogP contribution in [0.5, 0.6) is 28.7 Å². The molecule has 0 spiro atoms. The molecule has 130 heavy (non-hydrogen) atoms. The number of aldehydes is 4. The standard InChI is InChI=1S/C18H16O2.C18H14O2.C15H18O2Si.C12H10O2.C10H9BrO2.C6H5I.C5H10Si.16C2H6/c2*19-13-17-12-15(9-8-14-5-2-1-3-6-14)11-16-7-4-10-20-18(16)17;1-18(2,3)8-6-12-9-13-5-4-7-17-15(13)14(10-12)11-16;1-2-9-6-10-4-3-5-14-12(10)11(7-9)8-13;11-9-4-7-2-1-3-13-10(7)8(5-9)6-12;7-6-4-2-1-3-5-6;1-5-6(2,3)4;16*1-2/h1-3,5-6,11-12,19H,4,7,10,13H2;1-3,5-6,11-13H,4,7,10H2;9-11H,4-5,7H2,1-3H3;1,6-8H,3-5H2;4-6H,1-3H2;1-5H;1H,2-4H3;16*1-2H3. The molecule has 1 N–H and O–H groups in total. The van der Waals surface area contributed by atoms with Crippen LogP contribution in [0.15, 0.2) is 156 Å². The van der Waals surface area contributed by atoms with Crippen LogP contribution in [0.3, 0.4) is 0 Å². The molecule has 0 radical (unpaired) electrons. The third-order valence-corrected chi connectivity index (χ3v) is 17.9. The molecule has 10 nitrogen and oxygen atoms in total. The lowest BCUT2D eigenvalue weighted by atomic mass is 9.99. The molecular formula is C116H178BrIO10Si2. The predicted molar refractivity (Wildman–Crippen MR) is 592 cm³/mol. The zero-order valence-corrected chi connectivity index (χ0v) is 94.3. The third-order valence-electron chi connectivity index (χ3n) is 15.0. The lowest BCUT2D eigenvalue weighted by molar-refractivity contribution is 0.111. The molecular weight excluding hydrogens is 1820 g/mol. The van der Waals surface area contributed by atoms with Crippen molar-refractivity contribution in [2.75, 3.05) is 33.0 Å². The van der Waals surface area contributed by atoms with E-state index in [1.165, 1.54) is 3.57 Å². The predicted octanol–water partition coefficient (Wildman–Crippen LogP) is 33.8. The second-order valence-electron chi connectivity index (χ2n) is 25.2. The van der Waals surface area contributed by atoms with Gasteiger partial charge in [0, 0.05) is 47.0 Å². The Labute approximate surface area is 823 Å². The molecule has 5 heterocycles. The summed E-state index contributed by atoms with van der Waals surface area (Å²) in [5, 5.41) is 9.48. The van der Waals surface area contributed by atoms with E-state index in [9.17, 15) is 24.3 Å². The van der Waals surface area contributed by atoms with Crippen molar-refractivity contribution in [3.8, 4) is 88.2 Å². The normalized spacial score (nSPS) is 10.5. The van der Waals surface area contributed by atoms with E-state index in [0.29, 0.717) is 47.8 Å². The fourth-order valence-corrected chi connectivity index (χ4v) is 11.8. The molecule has 0 saturated heterocycles. The third kappa shape index (κ3) is 63.8. The Balaban J connectivity index is -0.000000156. The highest BCUT2D eigenvalue weighted by Crippen LogP contribution is 2.35. The summed E-state index contributed by atoms with van der Waals surface area (Å²) in [5.74, 6) is 22.1. The number of carbonyl (C=O) groups is 4. The van der Waals surface area contributed by atoms with Gasteiger partial charge in [-0.3, -0.25) is 19.2 Å². The largest absolute Gasteiger partial charge is 0.493 e. The van der Waals surface area contributed by atoms with Gasteiger partial charge in [-0.05, 0) is 212 Å². The molecule has 0 unspecified atom stereocenters. The van der Waals surface area contributed by atoms with Gasteiger partial charge in [0.15, 0.2) is 25.1 Å². The molecule has 724 valence electrons. The van der Waals surface area contributed by atoms with Crippen LogP contribution in [0.4, 0.5) is 0 Å². The number of aliphatic hydroxyl groups excluding tert-OH is 1.